The minimum Gasteiger partial charge on any atom is -0.436 e. The van der Waals surface area contributed by atoms with E-state index in [-0.39, 0.29) is 0 Å². The van der Waals surface area contributed by atoms with Crippen molar-refractivity contribution < 1.29 is 4.74 Å². The fourth-order valence-corrected chi connectivity index (χ4v) is 2.26. The molecule has 5 heteroatoms. The van der Waals surface area contributed by atoms with Crippen LogP contribution in [0.5, 0.6) is 11.6 Å². The minimum absolute atomic E-state index is 0.493. The molecule has 2 aromatic heterocycles. The van der Waals surface area contributed by atoms with Gasteiger partial charge in [0.1, 0.15) is 10.4 Å². The molecule has 0 fully saturated rings. The molecule has 0 saturated carbocycles. The van der Waals surface area contributed by atoms with E-state index in [1.54, 1.807) is 6.20 Å². The Kier molecular flexibility index (Phi) is 3.21. The Hall–Kier alpha value is -1.88. The molecule has 3 aromatic rings. The van der Waals surface area contributed by atoms with E-state index in [9.17, 15) is 0 Å². The number of hydrogen-bond donors (Lipinski definition) is 0. The highest BCUT2D eigenvalue weighted by molar-refractivity contribution is 9.10. The first-order valence-electron chi connectivity index (χ1n) is 6.02. The van der Waals surface area contributed by atoms with Crippen molar-refractivity contribution in [3.63, 3.8) is 0 Å². The molecule has 2 heterocycles. The largest absolute Gasteiger partial charge is 0.436 e. The topological polar surface area (TPSA) is 39.4 Å². The van der Waals surface area contributed by atoms with Crippen molar-refractivity contribution >= 4 is 21.6 Å². The SMILES string of the molecule is CCc1cccc(Oc2nc(Br)cn3ccnc23)c1. The maximum atomic E-state index is 5.85. The molecule has 0 N–H and O–H groups in total. The van der Waals surface area contributed by atoms with E-state index in [0.29, 0.717) is 16.1 Å². The van der Waals surface area contributed by atoms with E-state index in [4.69, 9.17) is 4.74 Å². The number of halogens is 1. The van der Waals surface area contributed by atoms with Crippen LogP contribution in [-0.2, 0) is 6.42 Å². The second-order valence-corrected chi connectivity index (χ2v) is 4.94. The van der Waals surface area contributed by atoms with Crippen molar-refractivity contribution in [3.05, 3.63) is 53.0 Å². The molecule has 0 aliphatic carbocycles. The Bertz CT molecular complexity index is 724. The molecule has 19 heavy (non-hydrogen) atoms. The van der Waals surface area contributed by atoms with Crippen LogP contribution in [0.2, 0.25) is 0 Å². The maximum Gasteiger partial charge on any atom is 0.264 e. The van der Waals surface area contributed by atoms with Gasteiger partial charge in [-0.15, -0.1) is 0 Å². The lowest BCUT2D eigenvalue weighted by Crippen LogP contribution is -1.95. The van der Waals surface area contributed by atoms with Crippen LogP contribution in [-0.4, -0.2) is 14.4 Å². The zero-order valence-corrected chi connectivity index (χ0v) is 12.0. The molecule has 0 atom stereocenters. The molecular formula is C14H12BrN3O. The minimum atomic E-state index is 0.493. The molecule has 0 radical (unpaired) electrons. The Balaban J connectivity index is 2.02. The summed E-state index contributed by atoms with van der Waals surface area (Å²) in [6.07, 6.45) is 6.40. The molecule has 0 saturated heterocycles. The summed E-state index contributed by atoms with van der Waals surface area (Å²) in [4.78, 5) is 8.59. The first-order chi connectivity index (χ1) is 9.26. The highest BCUT2D eigenvalue weighted by Gasteiger charge is 2.09. The molecule has 0 bridgehead atoms. The quantitative estimate of drug-likeness (QED) is 0.736. The monoisotopic (exact) mass is 317 g/mol. The summed E-state index contributed by atoms with van der Waals surface area (Å²) in [6.45, 7) is 2.11. The Labute approximate surface area is 119 Å². The van der Waals surface area contributed by atoms with Gasteiger partial charge in [-0.25, -0.2) is 9.97 Å². The van der Waals surface area contributed by atoms with E-state index in [1.807, 2.05) is 35.0 Å². The summed E-state index contributed by atoms with van der Waals surface area (Å²) in [5.74, 6) is 1.27. The molecule has 3 rings (SSSR count). The average molecular weight is 318 g/mol. The highest BCUT2D eigenvalue weighted by atomic mass is 79.9. The molecule has 0 aliphatic heterocycles. The van der Waals surface area contributed by atoms with Gasteiger partial charge in [0.05, 0.1) is 0 Å². The summed E-state index contributed by atoms with van der Waals surface area (Å²) >= 11 is 3.37. The Morgan fingerprint density at radius 1 is 1.37 bits per heavy atom. The maximum absolute atomic E-state index is 5.85. The van der Waals surface area contributed by atoms with E-state index in [0.717, 1.165) is 12.2 Å². The molecule has 0 aliphatic rings. The Morgan fingerprint density at radius 3 is 3.11 bits per heavy atom. The fourth-order valence-electron chi connectivity index (χ4n) is 1.88. The molecule has 4 nitrogen and oxygen atoms in total. The lowest BCUT2D eigenvalue weighted by atomic mass is 10.2. The first-order valence-corrected chi connectivity index (χ1v) is 6.81. The zero-order chi connectivity index (χ0) is 13.2. The van der Waals surface area contributed by atoms with Gasteiger partial charge in [0.2, 0.25) is 5.65 Å². The standard InChI is InChI=1S/C14H12BrN3O/c1-2-10-4-3-5-11(8-10)19-14-13-16-6-7-18(13)9-12(15)17-14/h3-9H,2H2,1H3. The number of nitrogens with zero attached hydrogens (tertiary/aromatic N) is 3. The summed E-state index contributed by atoms with van der Waals surface area (Å²) in [5.41, 5.74) is 1.93. The van der Waals surface area contributed by atoms with Gasteiger partial charge in [-0.1, -0.05) is 19.1 Å². The van der Waals surface area contributed by atoms with Crippen LogP contribution in [0.3, 0.4) is 0 Å². The van der Waals surface area contributed by atoms with Crippen molar-refractivity contribution in [3.8, 4) is 11.6 Å². The van der Waals surface area contributed by atoms with Gasteiger partial charge in [0.25, 0.3) is 5.88 Å². The van der Waals surface area contributed by atoms with Crippen molar-refractivity contribution in [2.75, 3.05) is 0 Å². The van der Waals surface area contributed by atoms with Gasteiger partial charge in [-0.3, -0.25) is 4.40 Å². The van der Waals surface area contributed by atoms with Gasteiger partial charge in [-0.2, -0.15) is 0 Å². The fraction of sp³-hybridized carbons (Fsp3) is 0.143. The number of fused-ring (bicyclic) bond motifs is 1. The number of aromatic nitrogens is 3. The van der Waals surface area contributed by atoms with Crippen molar-refractivity contribution in [2.45, 2.75) is 13.3 Å². The first kappa shape index (κ1) is 12.2. The predicted molar refractivity (Wildman–Crippen MR) is 76.6 cm³/mol. The number of rotatable bonds is 3. The van der Waals surface area contributed by atoms with Crippen LogP contribution in [0, 0.1) is 0 Å². The molecule has 0 spiro atoms. The van der Waals surface area contributed by atoms with Crippen LogP contribution in [0.1, 0.15) is 12.5 Å². The normalized spacial score (nSPS) is 10.8. The van der Waals surface area contributed by atoms with Gasteiger partial charge >= 0.3 is 0 Å². The average Bonchev–Trinajstić information content (AvgIpc) is 2.87. The second kappa shape index (κ2) is 5.01. The van der Waals surface area contributed by atoms with Gasteiger partial charge in [0.15, 0.2) is 0 Å². The van der Waals surface area contributed by atoms with E-state index < -0.39 is 0 Å². The number of imidazole rings is 1. The van der Waals surface area contributed by atoms with Gasteiger partial charge < -0.3 is 4.74 Å². The van der Waals surface area contributed by atoms with E-state index in [2.05, 4.69) is 38.9 Å². The van der Waals surface area contributed by atoms with Crippen LogP contribution < -0.4 is 4.74 Å². The van der Waals surface area contributed by atoms with E-state index in [1.165, 1.54) is 5.56 Å². The summed E-state index contributed by atoms with van der Waals surface area (Å²) in [6, 6.07) is 7.99. The van der Waals surface area contributed by atoms with Crippen LogP contribution in [0.15, 0.2) is 47.5 Å². The zero-order valence-electron chi connectivity index (χ0n) is 10.4. The second-order valence-electron chi connectivity index (χ2n) is 4.13. The number of aryl methyl sites for hydroxylation is 1. The van der Waals surface area contributed by atoms with E-state index >= 15 is 0 Å². The molecular weight excluding hydrogens is 306 g/mol. The third kappa shape index (κ3) is 2.46. The van der Waals surface area contributed by atoms with Gasteiger partial charge in [0, 0.05) is 18.6 Å². The third-order valence-electron chi connectivity index (χ3n) is 2.84. The smallest absolute Gasteiger partial charge is 0.264 e. The highest BCUT2D eigenvalue weighted by Crippen LogP contribution is 2.25. The lowest BCUT2D eigenvalue weighted by Gasteiger charge is -2.07. The van der Waals surface area contributed by atoms with Crippen LogP contribution in [0.25, 0.3) is 5.65 Å². The van der Waals surface area contributed by atoms with Gasteiger partial charge in [-0.05, 0) is 40.0 Å². The van der Waals surface area contributed by atoms with Crippen molar-refractivity contribution in [1.82, 2.24) is 14.4 Å². The summed E-state index contributed by atoms with van der Waals surface area (Å²) < 4.78 is 8.43. The predicted octanol–water partition coefficient (Wildman–Crippen LogP) is 3.85. The Morgan fingerprint density at radius 2 is 2.26 bits per heavy atom. The number of ether oxygens (including phenoxy) is 1. The molecule has 0 amide bonds. The number of benzene rings is 1. The van der Waals surface area contributed by atoms with Crippen molar-refractivity contribution in [2.24, 2.45) is 0 Å². The third-order valence-corrected chi connectivity index (χ3v) is 3.22. The molecule has 96 valence electrons. The molecule has 1 aromatic carbocycles. The van der Waals surface area contributed by atoms with Crippen molar-refractivity contribution in [1.29, 1.82) is 0 Å². The lowest BCUT2D eigenvalue weighted by molar-refractivity contribution is 0.463. The summed E-state index contributed by atoms with van der Waals surface area (Å²) in [7, 11) is 0. The number of hydrogen-bond acceptors (Lipinski definition) is 3. The summed E-state index contributed by atoms with van der Waals surface area (Å²) in [5, 5.41) is 0. The van der Waals surface area contributed by atoms with Crippen LogP contribution >= 0.6 is 15.9 Å². The molecule has 0 unspecified atom stereocenters. The van der Waals surface area contributed by atoms with Crippen LogP contribution in [0.4, 0.5) is 0 Å².